The van der Waals surface area contributed by atoms with E-state index in [1.165, 1.54) is 0 Å². The zero-order valence-electron chi connectivity index (χ0n) is 13.9. The highest BCUT2D eigenvalue weighted by Gasteiger charge is 2.36. The van der Waals surface area contributed by atoms with E-state index in [4.69, 9.17) is 4.74 Å². The molecule has 1 rings (SSSR count). The minimum Gasteiger partial charge on any atom is -0.496 e. The summed E-state index contributed by atoms with van der Waals surface area (Å²) >= 11 is 0. The number of amides is 1. The normalized spacial score (nSPS) is 11.1. The van der Waals surface area contributed by atoms with Gasteiger partial charge in [0.1, 0.15) is 11.3 Å². The van der Waals surface area contributed by atoms with Crippen LogP contribution in [0.4, 0.5) is 0 Å². The second kappa shape index (κ2) is 7.29. The van der Waals surface area contributed by atoms with E-state index in [1.54, 1.807) is 21.0 Å². The largest absolute Gasteiger partial charge is 0.496 e. The predicted octanol–water partition coefficient (Wildman–Crippen LogP) is 2.61. The number of rotatable bonds is 7. The van der Waals surface area contributed by atoms with Crippen molar-refractivity contribution in [1.29, 1.82) is 0 Å². The number of methoxy groups -OCH3 is 1. The van der Waals surface area contributed by atoms with E-state index in [0.717, 1.165) is 16.7 Å². The number of carboxylic acid groups (broad SMARTS) is 1. The molecule has 122 valence electrons. The third-order valence-corrected chi connectivity index (χ3v) is 4.13. The van der Waals surface area contributed by atoms with Crippen LogP contribution in [0.5, 0.6) is 5.75 Å². The van der Waals surface area contributed by atoms with Crippen molar-refractivity contribution in [3.05, 3.63) is 28.8 Å². The van der Waals surface area contributed by atoms with Gasteiger partial charge in [0.05, 0.1) is 13.5 Å². The molecule has 2 N–H and O–H groups in total. The molecule has 1 amide bonds. The molecule has 0 saturated heterocycles. The highest BCUT2D eigenvalue weighted by molar-refractivity contribution is 5.88. The molecule has 0 fully saturated rings. The van der Waals surface area contributed by atoms with E-state index in [0.29, 0.717) is 18.6 Å². The quantitative estimate of drug-likeness (QED) is 0.812. The smallest absolute Gasteiger partial charge is 0.329 e. The summed E-state index contributed by atoms with van der Waals surface area (Å²) in [5.74, 6) is -0.656. The van der Waals surface area contributed by atoms with E-state index in [-0.39, 0.29) is 12.3 Å². The lowest BCUT2D eigenvalue weighted by atomic mass is 9.92. The standard InChI is InChI=1S/C17H25NO4/c1-6-17(7-2,16(20)21)18-15(19)10-13-12(4)8-11(3)9-14(13)22-5/h8-9H,6-7,10H2,1-5H3,(H,18,19)(H,20,21). The molecule has 1 aromatic carbocycles. The summed E-state index contributed by atoms with van der Waals surface area (Å²) in [7, 11) is 1.56. The SMILES string of the molecule is CCC(CC)(NC(=O)Cc1c(C)cc(C)cc1OC)C(=O)O. The molecule has 22 heavy (non-hydrogen) atoms. The third kappa shape index (κ3) is 3.78. The first-order valence-corrected chi connectivity index (χ1v) is 7.48. The molecular formula is C17H25NO4. The third-order valence-electron chi connectivity index (χ3n) is 4.13. The Labute approximate surface area is 131 Å². The summed E-state index contributed by atoms with van der Waals surface area (Å²) < 4.78 is 5.34. The van der Waals surface area contributed by atoms with Gasteiger partial charge in [-0.3, -0.25) is 4.79 Å². The molecule has 0 saturated carbocycles. The number of aliphatic carboxylic acids is 1. The summed E-state index contributed by atoms with van der Waals surface area (Å²) in [5, 5.41) is 12.1. The molecule has 0 radical (unpaired) electrons. The predicted molar refractivity (Wildman–Crippen MR) is 85.3 cm³/mol. The van der Waals surface area contributed by atoms with Crippen molar-refractivity contribution in [1.82, 2.24) is 5.32 Å². The zero-order chi connectivity index (χ0) is 16.9. The highest BCUT2D eigenvalue weighted by atomic mass is 16.5. The van der Waals surface area contributed by atoms with Crippen molar-refractivity contribution in [3.8, 4) is 5.75 Å². The molecule has 0 unspecified atom stereocenters. The summed E-state index contributed by atoms with van der Waals surface area (Å²) in [4.78, 5) is 23.8. The molecule has 0 aromatic heterocycles. The molecule has 5 heteroatoms. The second-order valence-electron chi connectivity index (χ2n) is 5.58. The molecule has 0 atom stereocenters. The first-order valence-electron chi connectivity index (χ1n) is 7.48. The summed E-state index contributed by atoms with van der Waals surface area (Å²) in [5.41, 5.74) is 1.60. The Morgan fingerprint density at radius 1 is 1.23 bits per heavy atom. The molecule has 0 aliphatic heterocycles. The van der Waals surface area contributed by atoms with E-state index in [2.05, 4.69) is 5.32 Å². The molecule has 0 heterocycles. The van der Waals surface area contributed by atoms with Crippen LogP contribution in [0, 0.1) is 13.8 Å². The number of nitrogens with one attached hydrogen (secondary N) is 1. The van der Waals surface area contributed by atoms with Crippen molar-refractivity contribution >= 4 is 11.9 Å². The van der Waals surface area contributed by atoms with Crippen LogP contribution in [0.25, 0.3) is 0 Å². The Morgan fingerprint density at radius 3 is 2.27 bits per heavy atom. The van der Waals surface area contributed by atoms with Crippen molar-refractivity contribution in [2.75, 3.05) is 7.11 Å². The first kappa shape index (κ1) is 18.0. The molecule has 1 aromatic rings. The van der Waals surface area contributed by atoms with E-state index in [1.807, 2.05) is 26.0 Å². The molecule has 0 spiro atoms. The first-order chi connectivity index (χ1) is 10.3. The van der Waals surface area contributed by atoms with Crippen molar-refractivity contribution in [2.24, 2.45) is 0 Å². The van der Waals surface area contributed by atoms with Crippen LogP contribution in [0.3, 0.4) is 0 Å². The van der Waals surface area contributed by atoms with Gasteiger partial charge in [-0.2, -0.15) is 0 Å². The highest BCUT2D eigenvalue weighted by Crippen LogP contribution is 2.25. The molecule has 0 aliphatic carbocycles. The molecule has 5 nitrogen and oxygen atoms in total. The van der Waals surface area contributed by atoms with Crippen LogP contribution < -0.4 is 10.1 Å². The summed E-state index contributed by atoms with van der Waals surface area (Å²) in [6, 6.07) is 3.86. The van der Waals surface area contributed by atoms with E-state index < -0.39 is 11.5 Å². The fourth-order valence-corrected chi connectivity index (χ4v) is 2.62. The van der Waals surface area contributed by atoms with Gasteiger partial charge in [0, 0.05) is 5.56 Å². The Bertz CT molecular complexity index is 562. The molecular weight excluding hydrogens is 282 g/mol. The van der Waals surface area contributed by atoms with Gasteiger partial charge in [-0.15, -0.1) is 0 Å². The molecule has 0 aliphatic rings. The summed E-state index contributed by atoms with van der Waals surface area (Å²) in [6.07, 6.45) is 0.785. The fraction of sp³-hybridized carbons (Fsp3) is 0.529. The number of carboxylic acids is 1. The van der Waals surface area contributed by atoms with Crippen LogP contribution in [0.2, 0.25) is 0 Å². The van der Waals surface area contributed by atoms with Crippen LogP contribution in [-0.4, -0.2) is 29.6 Å². The van der Waals surface area contributed by atoms with Crippen LogP contribution in [0.1, 0.15) is 43.4 Å². The monoisotopic (exact) mass is 307 g/mol. The van der Waals surface area contributed by atoms with Gasteiger partial charge in [-0.25, -0.2) is 4.79 Å². The van der Waals surface area contributed by atoms with Gasteiger partial charge in [0.25, 0.3) is 0 Å². The molecule has 0 bridgehead atoms. The summed E-state index contributed by atoms with van der Waals surface area (Å²) in [6.45, 7) is 7.40. The zero-order valence-corrected chi connectivity index (χ0v) is 13.9. The van der Waals surface area contributed by atoms with E-state index in [9.17, 15) is 14.7 Å². The van der Waals surface area contributed by atoms with E-state index >= 15 is 0 Å². The minimum atomic E-state index is -1.21. The van der Waals surface area contributed by atoms with Gasteiger partial charge in [0.15, 0.2) is 0 Å². The van der Waals surface area contributed by atoms with Gasteiger partial charge < -0.3 is 15.2 Å². The maximum absolute atomic E-state index is 12.3. The average molecular weight is 307 g/mol. The van der Waals surface area contributed by atoms with Crippen LogP contribution in [0.15, 0.2) is 12.1 Å². The fourth-order valence-electron chi connectivity index (χ4n) is 2.62. The number of ether oxygens (including phenoxy) is 1. The van der Waals surface area contributed by atoms with Gasteiger partial charge >= 0.3 is 5.97 Å². The van der Waals surface area contributed by atoms with Crippen molar-refractivity contribution < 1.29 is 19.4 Å². The lowest BCUT2D eigenvalue weighted by Crippen LogP contribution is -2.54. The van der Waals surface area contributed by atoms with Gasteiger partial charge in [0.2, 0.25) is 5.91 Å². The van der Waals surface area contributed by atoms with Crippen LogP contribution in [-0.2, 0) is 16.0 Å². The average Bonchev–Trinajstić information content (AvgIpc) is 2.47. The number of carbonyl (C=O) groups excluding carboxylic acids is 1. The van der Waals surface area contributed by atoms with Crippen LogP contribution >= 0.6 is 0 Å². The van der Waals surface area contributed by atoms with Crippen molar-refractivity contribution in [3.63, 3.8) is 0 Å². The number of carbonyl (C=O) groups is 2. The lowest BCUT2D eigenvalue weighted by molar-refractivity contribution is -0.148. The van der Waals surface area contributed by atoms with Crippen molar-refractivity contribution in [2.45, 2.75) is 52.5 Å². The minimum absolute atomic E-state index is 0.102. The maximum Gasteiger partial charge on any atom is 0.329 e. The Balaban J connectivity index is 3.01. The number of hydrogen-bond acceptors (Lipinski definition) is 3. The Kier molecular flexibility index (Phi) is 5.97. The number of benzene rings is 1. The van der Waals surface area contributed by atoms with Gasteiger partial charge in [-0.05, 0) is 43.9 Å². The topological polar surface area (TPSA) is 75.6 Å². The van der Waals surface area contributed by atoms with Gasteiger partial charge in [-0.1, -0.05) is 19.9 Å². The maximum atomic E-state index is 12.3. The number of aryl methyl sites for hydroxylation is 2. The Hall–Kier alpha value is -2.04. The number of hydrogen-bond donors (Lipinski definition) is 2. The lowest BCUT2D eigenvalue weighted by Gasteiger charge is -2.28. The Morgan fingerprint density at radius 2 is 1.82 bits per heavy atom. The second-order valence-corrected chi connectivity index (χ2v) is 5.58.